The van der Waals surface area contributed by atoms with Crippen molar-refractivity contribution in [1.82, 2.24) is 0 Å². The molecule has 1 aromatic carbocycles. The molecule has 2 aromatic rings. The molecule has 0 saturated carbocycles. The van der Waals surface area contributed by atoms with Gasteiger partial charge >= 0.3 is 5.97 Å². The number of hydrogen-bond donors (Lipinski definition) is 2. The summed E-state index contributed by atoms with van der Waals surface area (Å²) in [6, 6.07) is 7.93. The summed E-state index contributed by atoms with van der Waals surface area (Å²) in [6.07, 6.45) is 0. The van der Waals surface area contributed by atoms with Crippen molar-refractivity contribution in [2.24, 2.45) is 0 Å². The van der Waals surface area contributed by atoms with E-state index in [1.807, 2.05) is 19.9 Å². The van der Waals surface area contributed by atoms with Crippen LogP contribution in [-0.2, 0) is 0 Å². The van der Waals surface area contributed by atoms with E-state index in [4.69, 9.17) is 5.11 Å². The van der Waals surface area contributed by atoms with Gasteiger partial charge in [-0.05, 0) is 44.2 Å². The average molecular weight is 275 g/mol. The molecule has 1 aromatic heterocycles. The number of carbonyl (C=O) groups excluding carboxylic acids is 1. The Balaban J connectivity index is 2.15. The highest BCUT2D eigenvalue weighted by Gasteiger charge is 2.12. The van der Waals surface area contributed by atoms with Crippen LogP contribution in [0.5, 0.6) is 0 Å². The van der Waals surface area contributed by atoms with Crippen LogP contribution in [-0.4, -0.2) is 17.0 Å². The first-order chi connectivity index (χ1) is 8.97. The summed E-state index contributed by atoms with van der Waals surface area (Å²) in [5.41, 5.74) is 1.43. The van der Waals surface area contributed by atoms with Crippen molar-refractivity contribution in [2.75, 3.05) is 5.32 Å². The van der Waals surface area contributed by atoms with Crippen LogP contribution in [0.15, 0.2) is 30.3 Å². The predicted octanol–water partition coefficient (Wildman–Crippen LogP) is 3.32. The van der Waals surface area contributed by atoms with Gasteiger partial charge in [0.15, 0.2) is 0 Å². The third-order valence-corrected chi connectivity index (χ3v) is 3.64. The highest BCUT2D eigenvalue weighted by atomic mass is 32.1. The van der Waals surface area contributed by atoms with Crippen LogP contribution in [0.1, 0.15) is 30.5 Å². The highest BCUT2D eigenvalue weighted by Crippen LogP contribution is 2.21. The topological polar surface area (TPSA) is 66.4 Å². The molecule has 98 valence electrons. The molecule has 19 heavy (non-hydrogen) atoms. The fourth-order valence-corrected chi connectivity index (χ4v) is 2.67. The van der Waals surface area contributed by atoms with Crippen molar-refractivity contribution in [3.8, 4) is 0 Å². The summed E-state index contributed by atoms with van der Waals surface area (Å²) >= 11 is 1.58. The first-order valence-corrected chi connectivity index (χ1v) is 6.51. The second-order valence-corrected chi connectivity index (χ2v) is 5.62. The number of carbonyl (C=O) groups is 2. The molecule has 0 aliphatic rings. The smallest absolute Gasteiger partial charge is 0.335 e. The molecule has 0 bridgehead atoms. The number of amides is 1. The van der Waals surface area contributed by atoms with Gasteiger partial charge in [-0.25, -0.2) is 4.79 Å². The van der Waals surface area contributed by atoms with E-state index < -0.39 is 5.97 Å². The van der Waals surface area contributed by atoms with Crippen molar-refractivity contribution in [1.29, 1.82) is 0 Å². The highest BCUT2D eigenvalue weighted by molar-refractivity contribution is 7.12. The van der Waals surface area contributed by atoms with Gasteiger partial charge in [-0.2, -0.15) is 0 Å². The fraction of sp³-hybridized carbons (Fsp3) is 0.143. The molecular formula is C14H13NO3S. The lowest BCUT2D eigenvalue weighted by Gasteiger charge is -2.05. The normalized spacial score (nSPS) is 10.2. The van der Waals surface area contributed by atoms with Gasteiger partial charge in [-0.15, -0.1) is 11.3 Å². The van der Waals surface area contributed by atoms with Crippen LogP contribution in [0.3, 0.4) is 0 Å². The third kappa shape index (κ3) is 3.00. The SMILES string of the molecule is Cc1cc(C(=O)Nc2ccc(C(=O)O)cc2)c(C)s1. The lowest BCUT2D eigenvalue weighted by atomic mass is 10.2. The van der Waals surface area contributed by atoms with Crippen molar-refractivity contribution >= 4 is 28.9 Å². The standard InChI is InChI=1S/C14H13NO3S/c1-8-7-12(9(2)19-8)13(16)15-11-5-3-10(4-6-11)14(17)18/h3-7H,1-2H3,(H,15,16)(H,17,18). The molecular weight excluding hydrogens is 262 g/mol. The van der Waals surface area contributed by atoms with Crippen LogP contribution >= 0.6 is 11.3 Å². The van der Waals surface area contributed by atoms with Gasteiger partial charge in [0.25, 0.3) is 5.91 Å². The fourth-order valence-electron chi connectivity index (χ4n) is 1.75. The van der Waals surface area contributed by atoms with Gasteiger partial charge in [0.2, 0.25) is 0 Å². The van der Waals surface area contributed by atoms with Gasteiger partial charge in [-0.3, -0.25) is 4.79 Å². The number of rotatable bonds is 3. The van der Waals surface area contributed by atoms with Crippen molar-refractivity contribution in [2.45, 2.75) is 13.8 Å². The Morgan fingerprint density at radius 3 is 2.26 bits per heavy atom. The van der Waals surface area contributed by atoms with Crippen molar-refractivity contribution in [3.05, 3.63) is 51.2 Å². The molecule has 0 aliphatic carbocycles. The maximum atomic E-state index is 12.0. The molecule has 0 saturated heterocycles. The second-order valence-electron chi connectivity index (χ2n) is 4.16. The first kappa shape index (κ1) is 13.3. The molecule has 0 radical (unpaired) electrons. The number of hydrogen-bond acceptors (Lipinski definition) is 3. The van der Waals surface area contributed by atoms with Gasteiger partial charge in [0.1, 0.15) is 0 Å². The maximum Gasteiger partial charge on any atom is 0.335 e. The van der Waals surface area contributed by atoms with Gasteiger partial charge in [0, 0.05) is 15.4 Å². The van der Waals surface area contributed by atoms with Crippen LogP contribution < -0.4 is 5.32 Å². The Morgan fingerprint density at radius 2 is 1.79 bits per heavy atom. The molecule has 0 atom stereocenters. The van der Waals surface area contributed by atoms with Gasteiger partial charge < -0.3 is 10.4 Å². The number of carboxylic acids is 1. The second kappa shape index (κ2) is 5.24. The maximum absolute atomic E-state index is 12.0. The van der Waals surface area contributed by atoms with E-state index in [1.165, 1.54) is 12.1 Å². The summed E-state index contributed by atoms with van der Waals surface area (Å²) in [6.45, 7) is 3.86. The monoisotopic (exact) mass is 275 g/mol. The molecule has 5 heteroatoms. The number of aryl methyl sites for hydroxylation is 2. The minimum atomic E-state index is -0.984. The molecule has 0 spiro atoms. The third-order valence-electron chi connectivity index (χ3n) is 2.68. The molecule has 2 rings (SSSR count). The van der Waals surface area contributed by atoms with Crippen LogP contribution in [0.4, 0.5) is 5.69 Å². The summed E-state index contributed by atoms with van der Waals surface area (Å²) in [7, 11) is 0. The Labute approximate surface area is 114 Å². The number of anilines is 1. The van der Waals surface area contributed by atoms with Gasteiger partial charge in [-0.1, -0.05) is 0 Å². The predicted molar refractivity (Wildman–Crippen MR) is 75.1 cm³/mol. The van der Waals surface area contributed by atoms with Crippen molar-refractivity contribution < 1.29 is 14.7 Å². The molecule has 1 amide bonds. The van der Waals surface area contributed by atoms with E-state index in [0.717, 1.165) is 9.75 Å². The molecule has 2 N–H and O–H groups in total. The average Bonchev–Trinajstić information content (AvgIpc) is 2.69. The minimum absolute atomic E-state index is 0.176. The first-order valence-electron chi connectivity index (χ1n) is 5.69. The van der Waals surface area contributed by atoms with E-state index in [2.05, 4.69) is 5.32 Å². The zero-order valence-corrected chi connectivity index (χ0v) is 11.4. The minimum Gasteiger partial charge on any atom is -0.478 e. The van der Waals surface area contributed by atoms with Crippen LogP contribution in [0.2, 0.25) is 0 Å². The van der Waals surface area contributed by atoms with Gasteiger partial charge in [0.05, 0.1) is 11.1 Å². The molecule has 1 heterocycles. The number of thiophene rings is 1. The lowest BCUT2D eigenvalue weighted by Crippen LogP contribution is -2.12. The summed E-state index contributed by atoms with van der Waals surface area (Å²) in [4.78, 5) is 24.8. The Hall–Kier alpha value is -2.14. The Kier molecular flexibility index (Phi) is 3.66. The zero-order chi connectivity index (χ0) is 14.0. The van der Waals surface area contributed by atoms with E-state index in [-0.39, 0.29) is 11.5 Å². The number of carboxylic acid groups (broad SMARTS) is 1. The Morgan fingerprint density at radius 1 is 1.16 bits per heavy atom. The summed E-state index contributed by atoms with van der Waals surface area (Å²) in [5, 5.41) is 11.5. The van der Waals surface area contributed by atoms with E-state index in [0.29, 0.717) is 11.3 Å². The number of benzene rings is 1. The number of aromatic carboxylic acids is 1. The van der Waals surface area contributed by atoms with E-state index in [9.17, 15) is 9.59 Å². The quantitative estimate of drug-likeness (QED) is 0.903. The molecule has 0 fully saturated rings. The summed E-state index contributed by atoms with van der Waals surface area (Å²) in [5.74, 6) is -1.16. The lowest BCUT2D eigenvalue weighted by molar-refractivity contribution is 0.0696. The summed E-state index contributed by atoms with van der Waals surface area (Å²) < 4.78 is 0. The molecule has 0 unspecified atom stereocenters. The van der Waals surface area contributed by atoms with Crippen LogP contribution in [0, 0.1) is 13.8 Å². The molecule has 0 aliphatic heterocycles. The zero-order valence-electron chi connectivity index (χ0n) is 10.6. The van der Waals surface area contributed by atoms with E-state index in [1.54, 1.807) is 23.5 Å². The largest absolute Gasteiger partial charge is 0.478 e. The van der Waals surface area contributed by atoms with Crippen molar-refractivity contribution in [3.63, 3.8) is 0 Å². The van der Waals surface area contributed by atoms with E-state index >= 15 is 0 Å². The van der Waals surface area contributed by atoms with Crippen LogP contribution in [0.25, 0.3) is 0 Å². The molecule has 4 nitrogen and oxygen atoms in total. The number of nitrogens with one attached hydrogen (secondary N) is 1. The Bertz CT molecular complexity index is 629.